The fourth-order valence-corrected chi connectivity index (χ4v) is 3.05. The van der Waals surface area contributed by atoms with Gasteiger partial charge < -0.3 is 5.32 Å². The van der Waals surface area contributed by atoms with Crippen LogP contribution in [0.25, 0.3) is 0 Å². The summed E-state index contributed by atoms with van der Waals surface area (Å²) in [5.74, 6) is -0.0345. The van der Waals surface area contributed by atoms with E-state index in [1.54, 1.807) is 0 Å². The van der Waals surface area contributed by atoms with Gasteiger partial charge in [-0.1, -0.05) is 23.7 Å². The van der Waals surface area contributed by atoms with Crippen LogP contribution < -0.4 is 5.32 Å². The predicted molar refractivity (Wildman–Crippen MR) is 79.5 cm³/mol. The molecule has 0 saturated heterocycles. The zero-order valence-electron chi connectivity index (χ0n) is 9.45. The Kier molecular flexibility index (Phi) is 4.80. The van der Waals surface area contributed by atoms with E-state index in [0.717, 1.165) is 20.8 Å². The lowest BCUT2D eigenvalue weighted by molar-refractivity contribution is 0.0958. The molecule has 0 aliphatic carbocycles. The fraction of sp³-hybridized carbons (Fsp3) is 0.154. The molecule has 1 aromatic carbocycles. The lowest BCUT2D eigenvalue weighted by Crippen LogP contribution is -2.24. The van der Waals surface area contributed by atoms with Crippen molar-refractivity contribution in [3.63, 3.8) is 0 Å². The van der Waals surface area contributed by atoms with Crippen molar-refractivity contribution < 1.29 is 4.79 Å². The van der Waals surface area contributed by atoms with Gasteiger partial charge in [0.05, 0.1) is 8.66 Å². The predicted octanol–water partition coefficient (Wildman–Crippen LogP) is 4.14. The molecule has 0 atom stereocenters. The maximum absolute atomic E-state index is 11.8. The molecular weight excluding hydrogens is 334 g/mol. The van der Waals surface area contributed by atoms with Crippen LogP contribution in [0.15, 0.2) is 40.2 Å². The topological polar surface area (TPSA) is 29.1 Å². The highest BCUT2D eigenvalue weighted by Gasteiger charge is 2.07. The molecule has 18 heavy (non-hydrogen) atoms. The van der Waals surface area contributed by atoms with Crippen LogP contribution in [0, 0.1) is 0 Å². The first-order valence-electron chi connectivity index (χ1n) is 5.43. The number of carbonyl (C=O) groups excluding carboxylic acids is 1. The number of nitrogens with one attached hydrogen (secondary N) is 1. The maximum Gasteiger partial charge on any atom is 0.261 e. The molecule has 5 heteroatoms. The minimum atomic E-state index is -0.0345. The standard InChI is InChI=1S/C13H11BrClNOS/c14-12-5-4-11(18-12)13(17)16-7-6-9-2-1-3-10(15)8-9/h1-5,8H,6-7H2,(H,16,17). The molecule has 0 aliphatic rings. The Morgan fingerprint density at radius 1 is 1.33 bits per heavy atom. The smallest absolute Gasteiger partial charge is 0.261 e. The van der Waals surface area contributed by atoms with Gasteiger partial charge in [0.25, 0.3) is 5.91 Å². The fourth-order valence-electron chi connectivity index (χ4n) is 1.54. The maximum atomic E-state index is 11.8. The summed E-state index contributed by atoms with van der Waals surface area (Å²) >= 11 is 10.7. The van der Waals surface area contributed by atoms with Crippen LogP contribution in [0.1, 0.15) is 15.2 Å². The van der Waals surface area contributed by atoms with Crippen molar-refractivity contribution in [3.05, 3.63) is 55.6 Å². The number of halogens is 2. The Labute approximate surface area is 123 Å². The molecule has 1 aromatic heterocycles. The van der Waals surface area contributed by atoms with Gasteiger partial charge in [0.1, 0.15) is 0 Å². The first-order chi connectivity index (χ1) is 8.65. The summed E-state index contributed by atoms with van der Waals surface area (Å²) in [7, 11) is 0. The number of benzene rings is 1. The number of hydrogen-bond donors (Lipinski definition) is 1. The van der Waals surface area contributed by atoms with Gasteiger partial charge in [-0.05, 0) is 52.2 Å². The van der Waals surface area contributed by atoms with Crippen molar-refractivity contribution in [3.8, 4) is 0 Å². The van der Waals surface area contributed by atoms with E-state index in [0.29, 0.717) is 11.4 Å². The molecule has 1 amide bonds. The number of rotatable bonds is 4. The third-order valence-corrected chi connectivity index (χ3v) is 4.24. The molecule has 1 heterocycles. The molecule has 0 saturated carbocycles. The molecule has 0 radical (unpaired) electrons. The van der Waals surface area contributed by atoms with Gasteiger partial charge in [-0.25, -0.2) is 0 Å². The van der Waals surface area contributed by atoms with Gasteiger partial charge in [0.2, 0.25) is 0 Å². The lowest BCUT2D eigenvalue weighted by Gasteiger charge is -2.04. The van der Waals surface area contributed by atoms with Crippen molar-refractivity contribution in [1.82, 2.24) is 5.32 Å². The highest BCUT2D eigenvalue weighted by molar-refractivity contribution is 9.11. The van der Waals surface area contributed by atoms with Crippen molar-refractivity contribution in [2.24, 2.45) is 0 Å². The number of thiophene rings is 1. The summed E-state index contributed by atoms with van der Waals surface area (Å²) in [5.41, 5.74) is 1.12. The molecule has 1 N–H and O–H groups in total. The van der Waals surface area contributed by atoms with Gasteiger partial charge in [0, 0.05) is 11.6 Å². The number of amides is 1. The average molecular weight is 345 g/mol. The summed E-state index contributed by atoms with van der Waals surface area (Å²) in [6.45, 7) is 0.606. The first-order valence-corrected chi connectivity index (χ1v) is 7.42. The van der Waals surface area contributed by atoms with Crippen LogP contribution in [-0.4, -0.2) is 12.5 Å². The van der Waals surface area contributed by atoms with E-state index >= 15 is 0 Å². The van der Waals surface area contributed by atoms with Crippen LogP contribution in [-0.2, 0) is 6.42 Å². The molecule has 2 nitrogen and oxygen atoms in total. The second-order valence-corrected chi connectivity index (χ2v) is 6.64. The Balaban J connectivity index is 1.84. The molecule has 0 fully saturated rings. The van der Waals surface area contributed by atoms with Crippen LogP contribution in [0.4, 0.5) is 0 Å². The zero-order valence-corrected chi connectivity index (χ0v) is 12.6. The summed E-state index contributed by atoms with van der Waals surface area (Å²) in [4.78, 5) is 12.5. The monoisotopic (exact) mass is 343 g/mol. The van der Waals surface area contributed by atoms with Crippen LogP contribution in [0.5, 0.6) is 0 Å². The van der Waals surface area contributed by atoms with E-state index in [9.17, 15) is 4.79 Å². The van der Waals surface area contributed by atoms with Gasteiger partial charge in [-0.3, -0.25) is 4.79 Å². The molecule has 0 spiro atoms. The van der Waals surface area contributed by atoms with E-state index < -0.39 is 0 Å². The molecule has 0 unspecified atom stereocenters. The molecule has 0 bridgehead atoms. The van der Waals surface area contributed by atoms with E-state index in [1.165, 1.54) is 11.3 Å². The lowest BCUT2D eigenvalue weighted by atomic mass is 10.1. The van der Waals surface area contributed by atoms with Crippen molar-refractivity contribution >= 4 is 44.8 Å². The second kappa shape index (κ2) is 6.36. The van der Waals surface area contributed by atoms with E-state index in [4.69, 9.17) is 11.6 Å². The average Bonchev–Trinajstić information content (AvgIpc) is 2.76. The summed E-state index contributed by atoms with van der Waals surface area (Å²) in [6, 6.07) is 11.3. The van der Waals surface area contributed by atoms with Crippen LogP contribution >= 0.6 is 38.9 Å². The van der Waals surface area contributed by atoms with E-state index in [1.807, 2.05) is 36.4 Å². The second-order valence-electron chi connectivity index (χ2n) is 3.74. The van der Waals surface area contributed by atoms with E-state index in [2.05, 4.69) is 21.2 Å². The van der Waals surface area contributed by atoms with Gasteiger partial charge in [-0.15, -0.1) is 11.3 Å². The largest absolute Gasteiger partial charge is 0.351 e. The van der Waals surface area contributed by atoms with Crippen LogP contribution in [0.3, 0.4) is 0 Å². The Morgan fingerprint density at radius 2 is 2.17 bits per heavy atom. The molecule has 2 aromatic rings. The van der Waals surface area contributed by atoms with Crippen molar-refractivity contribution in [1.29, 1.82) is 0 Å². The summed E-state index contributed by atoms with van der Waals surface area (Å²) in [6.07, 6.45) is 0.777. The SMILES string of the molecule is O=C(NCCc1cccc(Cl)c1)c1ccc(Br)s1. The molecule has 0 aliphatic heterocycles. The zero-order chi connectivity index (χ0) is 13.0. The summed E-state index contributed by atoms with van der Waals surface area (Å²) in [5, 5.41) is 3.61. The molecule has 94 valence electrons. The normalized spacial score (nSPS) is 10.3. The highest BCUT2D eigenvalue weighted by atomic mass is 79.9. The third-order valence-electron chi connectivity index (χ3n) is 2.39. The number of hydrogen-bond acceptors (Lipinski definition) is 2. The van der Waals surface area contributed by atoms with Gasteiger partial charge >= 0.3 is 0 Å². The van der Waals surface area contributed by atoms with E-state index in [-0.39, 0.29) is 5.91 Å². The molecular formula is C13H11BrClNOS. The van der Waals surface area contributed by atoms with Gasteiger partial charge in [0.15, 0.2) is 0 Å². The number of carbonyl (C=O) groups is 1. The summed E-state index contributed by atoms with van der Waals surface area (Å²) < 4.78 is 0.961. The third kappa shape index (κ3) is 3.83. The van der Waals surface area contributed by atoms with Gasteiger partial charge in [-0.2, -0.15) is 0 Å². The van der Waals surface area contributed by atoms with Crippen molar-refractivity contribution in [2.75, 3.05) is 6.54 Å². The first kappa shape index (κ1) is 13.6. The van der Waals surface area contributed by atoms with Crippen LogP contribution in [0.2, 0.25) is 5.02 Å². The Morgan fingerprint density at radius 3 is 2.83 bits per heavy atom. The minimum Gasteiger partial charge on any atom is -0.351 e. The van der Waals surface area contributed by atoms with Crippen molar-refractivity contribution in [2.45, 2.75) is 6.42 Å². The quantitative estimate of drug-likeness (QED) is 0.887. The minimum absolute atomic E-state index is 0.0345. The Bertz CT molecular complexity index is 555. The Hall–Kier alpha value is -0.840. The highest BCUT2D eigenvalue weighted by Crippen LogP contribution is 2.21. The molecule has 2 rings (SSSR count).